The number of rotatable bonds is 7. The van der Waals surface area contributed by atoms with Crippen LogP contribution in [-0.2, 0) is 4.79 Å². The zero-order chi connectivity index (χ0) is 20.8. The van der Waals surface area contributed by atoms with Crippen LogP contribution in [0.15, 0.2) is 42.5 Å². The summed E-state index contributed by atoms with van der Waals surface area (Å²) in [5, 5.41) is 5.74. The van der Waals surface area contributed by atoms with Crippen LogP contribution < -0.4 is 20.3 Å². The zero-order valence-electron chi connectivity index (χ0n) is 17.4. The van der Waals surface area contributed by atoms with Crippen LogP contribution in [-0.4, -0.2) is 39.1 Å². The molecule has 2 aromatic carbocycles. The van der Waals surface area contributed by atoms with E-state index in [-0.39, 0.29) is 17.7 Å². The lowest BCUT2D eigenvalue weighted by Gasteiger charge is -2.23. The van der Waals surface area contributed by atoms with Gasteiger partial charge < -0.3 is 20.3 Å². The highest BCUT2D eigenvalue weighted by Gasteiger charge is 2.26. The van der Waals surface area contributed by atoms with Gasteiger partial charge in [0.15, 0.2) is 0 Å². The van der Waals surface area contributed by atoms with Crippen molar-refractivity contribution in [1.29, 1.82) is 0 Å². The Labute approximate surface area is 166 Å². The molecular weight excluding hydrogens is 354 g/mol. The third-order valence-electron chi connectivity index (χ3n) is 4.53. The first-order valence-electron chi connectivity index (χ1n) is 9.27. The Morgan fingerprint density at radius 3 is 2.32 bits per heavy atom. The number of nitrogens with zero attached hydrogens (tertiary/aromatic N) is 1. The van der Waals surface area contributed by atoms with Crippen molar-refractivity contribution >= 4 is 23.2 Å². The van der Waals surface area contributed by atoms with E-state index in [2.05, 4.69) is 10.6 Å². The number of amides is 2. The van der Waals surface area contributed by atoms with Crippen molar-refractivity contribution in [3.8, 4) is 5.75 Å². The second kappa shape index (κ2) is 9.26. The number of aryl methyl sites for hydroxylation is 1. The fraction of sp³-hybridized carbons (Fsp3) is 0.364. The molecule has 2 N–H and O–H groups in total. The van der Waals surface area contributed by atoms with Gasteiger partial charge >= 0.3 is 0 Å². The fourth-order valence-corrected chi connectivity index (χ4v) is 3.04. The lowest BCUT2D eigenvalue weighted by Crippen LogP contribution is -2.47. The molecule has 1 unspecified atom stereocenters. The van der Waals surface area contributed by atoms with Crippen molar-refractivity contribution in [2.45, 2.75) is 26.8 Å². The van der Waals surface area contributed by atoms with Crippen LogP contribution in [0.1, 0.15) is 29.8 Å². The van der Waals surface area contributed by atoms with E-state index < -0.39 is 6.04 Å². The summed E-state index contributed by atoms with van der Waals surface area (Å²) >= 11 is 0. The van der Waals surface area contributed by atoms with Crippen LogP contribution in [0, 0.1) is 12.8 Å². The highest BCUT2D eigenvalue weighted by Crippen LogP contribution is 2.22. The summed E-state index contributed by atoms with van der Waals surface area (Å²) in [5.74, 6) is -0.209. The fourth-order valence-electron chi connectivity index (χ4n) is 3.04. The number of ether oxygens (including phenoxy) is 1. The molecule has 0 fully saturated rings. The molecule has 0 aliphatic carbocycles. The van der Waals surface area contributed by atoms with E-state index in [0.29, 0.717) is 17.0 Å². The minimum absolute atomic E-state index is 0.0826. The van der Waals surface area contributed by atoms with Gasteiger partial charge in [-0.15, -0.1) is 0 Å². The van der Waals surface area contributed by atoms with E-state index in [1.165, 1.54) is 7.11 Å². The Morgan fingerprint density at radius 2 is 1.75 bits per heavy atom. The van der Waals surface area contributed by atoms with Gasteiger partial charge in [0, 0.05) is 25.5 Å². The maximum atomic E-state index is 12.8. The molecule has 2 aromatic rings. The normalized spacial score (nSPS) is 11.7. The summed E-state index contributed by atoms with van der Waals surface area (Å²) in [6.45, 7) is 5.79. The maximum absolute atomic E-state index is 12.8. The van der Waals surface area contributed by atoms with Gasteiger partial charge in [0.2, 0.25) is 5.91 Å². The Hall–Kier alpha value is -3.02. The van der Waals surface area contributed by atoms with Crippen LogP contribution in [0.3, 0.4) is 0 Å². The first-order valence-corrected chi connectivity index (χ1v) is 9.27. The van der Waals surface area contributed by atoms with Gasteiger partial charge in [-0.05, 0) is 48.7 Å². The molecule has 0 radical (unpaired) electrons. The third-order valence-corrected chi connectivity index (χ3v) is 4.53. The van der Waals surface area contributed by atoms with E-state index in [9.17, 15) is 9.59 Å². The van der Waals surface area contributed by atoms with E-state index in [4.69, 9.17) is 4.74 Å². The summed E-state index contributed by atoms with van der Waals surface area (Å²) in [4.78, 5) is 27.6. The average molecular weight is 383 g/mol. The predicted molar refractivity (Wildman–Crippen MR) is 113 cm³/mol. The number of anilines is 2. The average Bonchev–Trinajstić information content (AvgIpc) is 2.65. The molecule has 0 aromatic heterocycles. The highest BCUT2D eigenvalue weighted by atomic mass is 16.5. The lowest BCUT2D eigenvalue weighted by molar-refractivity contribution is -0.118. The van der Waals surface area contributed by atoms with E-state index >= 15 is 0 Å². The summed E-state index contributed by atoms with van der Waals surface area (Å²) in [7, 11) is 5.46. The standard InChI is InChI=1S/C22H29N3O3/c1-14(2)20(24-21(26)17-9-7-8-10-19(17)28-6)22(27)23-16-11-12-18(25(4)5)15(3)13-16/h7-14,20H,1-6H3,(H,23,27)(H,24,26). The highest BCUT2D eigenvalue weighted by molar-refractivity contribution is 6.02. The van der Waals surface area contributed by atoms with Crippen LogP contribution in [0.25, 0.3) is 0 Å². The van der Waals surface area contributed by atoms with Gasteiger partial charge in [0.1, 0.15) is 11.8 Å². The first kappa shape index (κ1) is 21.3. The van der Waals surface area contributed by atoms with Crippen LogP contribution >= 0.6 is 0 Å². The molecule has 150 valence electrons. The Kier molecular flexibility index (Phi) is 7.04. The number of carbonyl (C=O) groups excluding carboxylic acids is 2. The number of nitrogens with one attached hydrogen (secondary N) is 2. The first-order chi connectivity index (χ1) is 13.2. The Balaban J connectivity index is 2.16. The monoisotopic (exact) mass is 383 g/mol. The molecule has 2 rings (SSSR count). The second-order valence-electron chi connectivity index (χ2n) is 7.28. The molecular formula is C22H29N3O3. The molecule has 0 saturated heterocycles. The zero-order valence-corrected chi connectivity index (χ0v) is 17.4. The van der Waals surface area contributed by atoms with E-state index in [0.717, 1.165) is 11.3 Å². The Bertz CT molecular complexity index is 847. The molecule has 0 bridgehead atoms. The molecule has 28 heavy (non-hydrogen) atoms. The van der Waals surface area contributed by atoms with Gasteiger partial charge in [-0.3, -0.25) is 9.59 Å². The van der Waals surface area contributed by atoms with Gasteiger partial charge in [0.25, 0.3) is 5.91 Å². The molecule has 0 saturated carbocycles. The summed E-state index contributed by atoms with van der Waals surface area (Å²) < 4.78 is 5.24. The van der Waals surface area contributed by atoms with Crippen molar-refractivity contribution < 1.29 is 14.3 Å². The Morgan fingerprint density at radius 1 is 1.07 bits per heavy atom. The minimum Gasteiger partial charge on any atom is -0.496 e. The van der Waals surface area contributed by atoms with E-state index in [1.807, 2.05) is 58.0 Å². The van der Waals surface area contributed by atoms with E-state index in [1.54, 1.807) is 24.3 Å². The molecule has 6 nitrogen and oxygen atoms in total. The van der Waals surface area contributed by atoms with Crippen molar-refractivity contribution in [2.24, 2.45) is 5.92 Å². The number of methoxy groups -OCH3 is 1. The van der Waals surface area contributed by atoms with Crippen LogP contribution in [0.5, 0.6) is 5.75 Å². The molecule has 0 spiro atoms. The molecule has 2 amide bonds. The van der Waals surface area contributed by atoms with Crippen molar-refractivity contribution in [3.63, 3.8) is 0 Å². The number of hydrogen-bond donors (Lipinski definition) is 2. The smallest absolute Gasteiger partial charge is 0.255 e. The number of carbonyl (C=O) groups is 2. The third kappa shape index (κ3) is 5.03. The minimum atomic E-state index is -0.675. The van der Waals surface area contributed by atoms with Gasteiger partial charge in [-0.25, -0.2) is 0 Å². The van der Waals surface area contributed by atoms with Gasteiger partial charge in [-0.1, -0.05) is 26.0 Å². The molecule has 1 atom stereocenters. The largest absolute Gasteiger partial charge is 0.496 e. The van der Waals surface area contributed by atoms with Crippen LogP contribution in [0.2, 0.25) is 0 Å². The van der Waals surface area contributed by atoms with Gasteiger partial charge in [-0.2, -0.15) is 0 Å². The molecule has 6 heteroatoms. The maximum Gasteiger partial charge on any atom is 0.255 e. The summed E-state index contributed by atoms with van der Waals surface area (Å²) in [5.41, 5.74) is 3.24. The molecule has 0 heterocycles. The molecule has 0 aliphatic heterocycles. The number of benzene rings is 2. The predicted octanol–water partition coefficient (Wildman–Crippen LogP) is 3.46. The second-order valence-corrected chi connectivity index (χ2v) is 7.28. The lowest BCUT2D eigenvalue weighted by atomic mass is 10.0. The van der Waals surface area contributed by atoms with Crippen molar-refractivity contribution in [3.05, 3.63) is 53.6 Å². The summed E-state index contributed by atoms with van der Waals surface area (Å²) in [6, 6.07) is 12.0. The molecule has 0 aliphatic rings. The number of hydrogen-bond acceptors (Lipinski definition) is 4. The van der Waals surface area contributed by atoms with Crippen molar-refractivity contribution in [2.75, 3.05) is 31.4 Å². The topological polar surface area (TPSA) is 70.7 Å². The quantitative estimate of drug-likeness (QED) is 0.768. The van der Waals surface area contributed by atoms with Gasteiger partial charge in [0.05, 0.1) is 12.7 Å². The van der Waals surface area contributed by atoms with Crippen LogP contribution in [0.4, 0.5) is 11.4 Å². The SMILES string of the molecule is COc1ccccc1C(=O)NC(C(=O)Nc1ccc(N(C)C)c(C)c1)C(C)C. The van der Waals surface area contributed by atoms with Crippen molar-refractivity contribution in [1.82, 2.24) is 5.32 Å². The summed E-state index contributed by atoms with van der Waals surface area (Å²) in [6.07, 6.45) is 0. The number of para-hydroxylation sites is 1.